The minimum absolute atomic E-state index is 0.0131. The second-order valence-corrected chi connectivity index (χ2v) is 7.47. The summed E-state index contributed by atoms with van der Waals surface area (Å²) < 4.78 is 1.62. The highest BCUT2D eigenvalue weighted by atomic mass is 32.2. The molecule has 1 aromatic carbocycles. The lowest BCUT2D eigenvalue weighted by molar-refractivity contribution is 0.727. The molecule has 23 heavy (non-hydrogen) atoms. The van der Waals surface area contributed by atoms with Crippen molar-refractivity contribution in [2.45, 2.75) is 24.8 Å². The van der Waals surface area contributed by atoms with E-state index < -0.39 is 0 Å². The summed E-state index contributed by atoms with van der Waals surface area (Å²) in [6.07, 6.45) is 0. The number of thiophene rings is 1. The molecule has 0 amide bonds. The Bertz CT molecular complexity index is 978. The molecule has 0 aliphatic carbocycles. The third kappa shape index (κ3) is 2.90. The predicted octanol–water partition coefficient (Wildman–Crippen LogP) is 3.78. The van der Waals surface area contributed by atoms with Crippen molar-refractivity contribution in [1.82, 2.24) is 9.55 Å². The van der Waals surface area contributed by atoms with E-state index in [2.05, 4.69) is 11.1 Å². The number of aromatic nitrogens is 2. The molecule has 0 atom stereocenters. The molecule has 0 saturated carbocycles. The Hall–Kier alpha value is -2.10. The Morgan fingerprint density at radius 3 is 2.65 bits per heavy atom. The van der Waals surface area contributed by atoms with Gasteiger partial charge in [-0.2, -0.15) is 5.26 Å². The Labute approximate surface area is 142 Å². The molecular formula is C17H15N3OS2. The molecule has 0 spiro atoms. The van der Waals surface area contributed by atoms with E-state index in [0.717, 1.165) is 26.2 Å². The molecule has 0 radical (unpaired) electrons. The normalized spacial score (nSPS) is 10.9. The van der Waals surface area contributed by atoms with Gasteiger partial charge in [0.25, 0.3) is 5.56 Å². The number of thioether (sulfide) groups is 1. The molecule has 2 heterocycles. The van der Waals surface area contributed by atoms with Crippen LogP contribution in [0.5, 0.6) is 0 Å². The van der Waals surface area contributed by atoms with Gasteiger partial charge in [0, 0.05) is 17.7 Å². The first kappa shape index (κ1) is 15.8. The van der Waals surface area contributed by atoms with Gasteiger partial charge in [-0.1, -0.05) is 23.9 Å². The van der Waals surface area contributed by atoms with Crippen LogP contribution < -0.4 is 5.56 Å². The topological polar surface area (TPSA) is 58.7 Å². The molecule has 3 aromatic rings. The Balaban J connectivity index is 1.92. The molecule has 2 aromatic heterocycles. The van der Waals surface area contributed by atoms with Crippen molar-refractivity contribution in [1.29, 1.82) is 5.26 Å². The van der Waals surface area contributed by atoms with E-state index in [1.54, 1.807) is 35.1 Å². The fourth-order valence-electron chi connectivity index (χ4n) is 2.31. The van der Waals surface area contributed by atoms with Crippen LogP contribution in [0.25, 0.3) is 10.2 Å². The van der Waals surface area contributed by atoms with E-state index in [1.165, 1.54) is 11.8 Å². The summed E-state index contributed by atoms with van der Waals surface area (Å²) in [4.78, 5) is 19.2. The minimum Gasteiger partial charge on any atom is -0.290 e. The molecule has 6 heteroatoms. The highest BCUT2D eigenvalue weighted by Crippen LogP contribution is 2.29. The Morgan fingerprint density at radius 2 is 2.00 bits per heavy atom. The second kappa shape index (κ2) is 6.19. The van der Waals surface area contributed by atoms with Crippen molar-refractivity contribution in [2.24, 2.45) is 7.05 Å². The van der Waals surface area contributed by atoms with Gasteiger partial charge < -0.3 is 0 Å². The Morgan fingerprint density at radius 1 is 1.30 bits per heavy atom. The van der Waals surface area contributed by atoms with Crippen LogP contribution in [-0.2, 0) is 12.8 Å². The quantitative estimate of drug-likeness (QED) is 0.537. The van der Waals surface area contributed by atoms with Gasteiger partial charge in [0.05, 0.1) is 17.0 Å². The standard InChI is InChI=1S/C17H15N3OS2/c1-10-11(2)23-15-14(10)16(21)20(3)17(19-15)22-9-13-6-4-12(8-18)5-7-13/h4-7H,9H2,1-3H3. The number of nitriles is 1. The number of fused-ring (bicyclic) bond motifs is 1. The second-order valence-electron chi connectivity index (χ2n) is 5.32. The third-order valence-corrected chi connectivity index (χ3v) is 6.02. The number of hydrogen-bond acceptors (Lipinski definition) is 5. The number of hydrogen-bond donors (Lipinski definition) is 0. The summed E-state index contributed by atoms with van der Waals surface area (Å²) in [5.41, 5.74) is 2.79. The van der Waals surface area contributed by atoms with Crippen molar-refractivity contribution in [3.8, 4) is 6.07 Å². The van der Waals surface area contributed by atoms with Gasteiger partial charge in [0.1, 0.15) is 4.83 Å². The molecule has 0 bridgehead atoms. The fourth-order valence-corrected chi connectivity index (χ4v) is 4.31. The van der Waals surface area contributed by atoms with E-state index >= 15 is 0 Å². The zero-order chi connectivity index (χ0) is 16.6. The highest BCUT2D eigenvalue weighted by molar-refractivity contribution is 7.98. The first-order valence-electron chi connectivity index (χ1n) is 7.10. The van der Waals surface area contributed by atoms with E-state index in [9.17, 15) is 4.79 Å². The largest absolute Gasteiger partial charge is 0.290 e. The van der Waals surface area contributed by atoms with Gasteiger partial charge in [-0.3, -0.25) is 9.36 Å². The lowest BCUT2D eigenvalue weighted by atomic mass is 10.2. The average molecular weight is 341 g/mol. The molecule has 0 saturated heterocycles. The van der Waals surface area contributed by atoms with Gasteiger partial charge in [-0.25, -0.2) is 4.98 Å². The van der Waals surface area contributed by atoms with Crippen molar-refractivity contribution in [2.75, 3.05) is 0 Å². The molecule has 4 nitrogen and oxygen atoms in total. The summed E-state index contributed by atoms with van der Waals surface area (Å²) in [6, 6.07) is 9.58. The molecule has 0 aliphatic rings. The number of benzene rings is 1. The molecular weight excluding hydrogens is 326 g/mol. The maximum atomic E-state index is 12.6. The summed E-state index contributed by atoms with van der Waals surface area (Å²) in [7, 11) is 1.77. The van der Waals surface area contributed by atoms with E-state index in [-0.39, 0.29) is 5.56 Å². The third-order valence-electron chi connectivity index (χ3n) is 3.82. The lowest BCUT2D eigenvalue weighted by Gasteiger charge is -2.07. The van der Waals surface area contributed by atoms with E-state index in [0.29, 0.717) is 16.5 Å². The highest BCUT2D eigenvalue weighted by Gasteiger charge is 2.14. The van der Waals surface area contributed by atoms with Crippen LogP contribution in [-0.4, -0.2) is 9.55 Å². The van der Waals surface area contributed by atoms with Crippen LogP contribution >= 0.6 is 23.1 Å². The zero-order valence-corrected chi connectivity index (χ0v) is 14.7. The van der Waals surface area contributed by atoms with Gasteiger partial charge >= 0.3 is 0 Å². The van der Waals surface area contributed by atoms with Crippen LogP contribution in [0.2, 0.25) is 0 Å². The summed E-state index contributed by atoms with van der Waals surface area (Å²) in [5, 5.41) is 10.3. The number of aryl methyl sites for hydroxylation is 2. The van der Waals surface area contributed by atoms with Crippen LogP contribution in [0.1, 0.15) is 21.6 Å². The van der Waals surface area contributed by atoms with Crippen molar-refractivity contribution in [3.05, 3.63) is 56.2 Å². The van der Waals surface area contributed by atoms with Crippen LogP contribution in [0.3, 0.4) is 0 Å². The summed E-state index contributed by atoms with van der Waals surface area (Å²) in [6.45, 7) is 3.99. The van der Waals surface area contributed by atoms with Crippen LogP contribution in [0.4, 0.5) is 0 Å². The first-order chi connectivity index (χ1) is 11.0. The first-order valence-corrected chi connectivity index (χ1v) is 8.90. The van der Waals surface area contributed by atoms with Gasteiger partial charge in [0.2, 0.25) is 0 Å². The molecule has 0 aliphatic heterocycles. The molecule has 0 unspecified atom stereocenters. The monoisotopic (exact) mass is 341 g/mol. The smallest absolute Gasteiger partial charge is 0.262 e. The van der Waals surface area contributed by atoms with Gasteiger partial charge in [-0.05, 0) is 37.1 Å². The predicted molar refractivity (Wildman–Crippen MR) is 95.1 cm³/mol. The van der Waals surface area contributed by atoms with Crippen molar-refractivity contribution < 1.29 is 0 Å². The maximum Gasteiger partial charge on any atom is 0.262 e. The van der Waals surface area contributed by atoms with Crippen molar-refractivity contribution >= 4 is 33.3 Å². The van der Waals surface area contributed by atoms with Crippen molar-refractivity contribution in [3.63, 3.8) is 0 Å². The zero-order valence-electron chi connectivity index (χ0n) is 13.1. The fraction of sp³-hybridized carbons (Fsp3) is 0.235. The molecule has 116 valence electrons. The molecule has 3 rings (SSSR count). The maximum absolute atomic E-state index is 12.6. The van der Waals surface area contributed by atoms with E-state index in [1.807, 2.05) is 26.0 Å². The number of nitrogens with zero attached hydrogens (tertiary/aromatic N) is 3. The van der Waals surface area contributed by atoms with E-state index in [4.69, 9.17) is 5.26 Å². The van der Waals surface area contributed by atoms with Crippen LogP contribution in [0, 0.1) is 25.2 Å². The SMILES string of the molecule is Cc1sc2nc(SCc3ccc(C#N)cc3)n(C)c(=O)c2c1C. The molecule has 0 N–H and O–H groups in total. The summed E-state index contributed by atoms with van der Waals surface area (Å²) in [5.74, 6) is 0.709. The molecule has 0 fully saturated rings. The minimum atomic E-state index is 0.0131. The van der Waals surface area contributed by atoms with Gasteiger partial charge in [0.15, 0.2) is 5.16 Å². The average Bonchev–Trinajstić information content (AvgIpc) is 2.84. The van der Waals surface area contributed by atoms with Gasteiger partial charge in [-0.15, -0.1) is 11.3 Å². The van der Waals surface area contributed by atoms with Crippen LogP contribution in [0.15, 0.2) is 34.2 Å². The number of rotatable bonds is 3. The lowest BCUT2D eigenvalue weighted by Crippen LogP contribution is -2.19. The summed E-state index contributed by atoms with van der Waals surface area (Å²) >= 11 is 3.10. The Kier molecular flexibility index (Phi) is 4.24.